The van der Waals surface area contributed by atoms with Crippen LogP contribution in [0.5, 0.6) is 0 Å². The molecule has 0 aromatic heterocycles. The normalized spacial score (nSPS) is 17.6. The zero-order chi connectivity index (χ0) is 19.1. The van der Waals surface area contributed by atoms with Gasteiger partial charge in [-0.3, -0.25) is 4.79 Å². The molecule has 0 fully saturated rings. The van der Waals surface area contributed by atoms with Crippen molar-refractivity contribution < 1.29 is 31.1 Å². The average Bonchev–Trinajstić information content (AvgIpc) is 2.64. The first-order valence-electron chi connectivity index (χ1n) is 7.57. The van der Waals surface area contributed by atoms with Gasteiger partial charge in [-0.25, -0.2) is 21.6 Å². The second-order valence-electron chi connectivity index (χ2n) is 5.74. The minimum absolute atomic E-state index is 0.0212. The van der Waals surface area contributed by atoms with Crippen LogP contribution in [0.25, 0.3) is 0 Å². The van der Waals surface area contributed by atoms with Gasteiger partial charge in [0.05, 0.1) is 7.11 Å². The van der Waals surface area contributed by atoms with Crippen molar-refractivity contribution in [1.29, 1.82) is 0 Å². The SMILES string of the molecule is COC(=O)[C@H]1Cc2ccccc2CN1S(=O)(=O)c1ccc(F)c(F)c1F. The van der Waals surface area contributed by atoms with E-state index in [2.05, 4.69) is 4.74 Å². The number of hydrogen-bond donors (Lipinski definition) is 0. The second kappa shape index (κ2) is 6.73. The molecular weight excluding hydrogens is 371 g/mol. The van der Waals surface area contributed by atoms with Gasteiger partial charge >= 0.3 is 5.97 Å². The number of rotatable bonds is 3. The predicted molar refractivity (Wildman–Crippen MR) is 85.0 cm³/mol. The number of benzene rings is 2. The monoisotopic (exact) mass is 385 g/mol. The number of carbonyl (C=O) groups excluding carboxylic acids is 1. The maximum atomic E-state index is 14.1. The number of esters is 1. The van der Waals surface area contributed by atoms with Crippen LogP contribution in [0.4, 0.5) is 13.2 Å². The highest BCUT2D eigenvalue weighted by Crippen LogP contribution is 2.31. The molecule has 1 heterocycles. The molecule has 138 valence electrons. The Hall–Kier alpha value is -2.39. The highest BCUT2D eigenvalue weighted by molar-refractivity contribution is 7.89. The van der Waals surface area contributed by atoms with Crippen molar-refractivity contribution in [1.82, 2.24) is 4.31 Å². The molecule has 0 saturated carbocycles. The summed E-state index contributed by atoms with van der Waals surface area (Å²) < 4.78 is 72.0. The molecule has 0 amide bonds. The largest absolute Gasteiger partial charge is 0.468 e. The smallest absolute Gasteiger partial charge is 0.324 e. The lowest BCUT2D eigenvalue weighted by molar-refractivity contribution is -0.145. The van der Waals surface area contributed by atoms with E-state index in [4.69, 9.17) is 0 Å². The van der Waals surface area contributed by atoms with E-state index in [9.17, 15) is 26.4 Å². The van der Waals surface area contributed by atoms with Gasteiger partial charge in [-0.15, -0.1) is 0 Å². The van der Waals surface area contributed by atoms with Crippen molar-refractivity contribution in [3.05, 3.63) is 65.0 Å². The summed E-state index contributed by atoms with van der Waals surface area (Å²) in [5.41, 5.74) is 1.37. The number of fused-ring (bicyclic) bond motifs is 1. The van der Waals surface area contributed by atoms with E-state index in [-0.39, 0.29) is 13.0 Å². The van der Waals surface area contributed by atoms with Crippen LogP contribution in [0, 0.1) is 17.5 Å². The fourth-order valence-corrected chi connectivity index (χ4v) is 4.54. The van der Waals surface area contributed by atoms with Crippen LogP contribution in [0.2, 0.25) is 0 Å². The fraction of sp³-hybridized carbons (Fsp3) is 0.235. The van der Waals surface area contributed by atoms with Crippen LogP contribution in [0.3, 0.4) is 0 Å². The first-order valence-corrected chi connectivity index (χ1v) is 9.01. The van der Waals surface area contributed by atoms with Crippen LogP contribution in [-0.4, -0.2) is 31.8 Å². The highest BCUT2D eigenvalue weighted by Gasteiger charge is 2.41. The molecule has 0 N–H and O–H groups in total. The van der Waals surface area contributed by atoms with Crippen molar-refractivity contribution in [2.75, 3.05) is 7.11 Å². The number of ether oxygens (including phenoxy) is 1. The lowest BCUT2D eigenvalue weighted by atomic mass is 9.96. The van der Waals surface area contributed by atoms with E-state index in [0.717, 1.165) is 17.0 Å². The van der Waals surface area contributed by atoms with E-state index >= 15 is 0 Å². The van der Waals surface area contributed by atoms with Gasteiger partial charge in [0.15, 0.2) is 17.5 Å². The quantitative estimate of drug-likeness (QED) is 0.601. The van der Waals surface area contributed by atoms with Gasteiger partial charge in [0.1, 0.15) is 10.9 Å². The summed E-state index contributed by atoms with van der Waals surface area (Å²) in [7, 11) is -3.53. The Morgan fingerprint density at radius 2 is 1.73 bits per heavy atom. The molecule has 0 unspecified atom stereocenters. The van der Waals surface area contributed by atoms with Gasteiger partial charge in [0.2, 0.25) is 10.0 Å². The van der Waals surface area contributed by atoms with E-state index in [1.54, 1.807) is 24.3 Å². The summed E-state index contributed by atoms with van der Waals surface area (Å²) in [6, 6.07) is 6.77. The lowest BCUT2D eigenvalue weighted by Crippen LogP contribution is -2.49. The Morgan fingerprint density at radius 3 is 2.38 bits per heavy atom. The maximum Gasteiger partial charge on any atom is 0.324 e. The topological polar surface area (TPSA) is 63.7 Å². The fourth-order valence-electron chi connectivity index (χ4n) is 2.92. The molecule has 5 nitrogen and oxygen atoms in total. The van der Waals surface area contributed by atoms with Crippen LogP contribution >= 0.6 is 0 Å². The molecule has 1 atom stereocenters. The molecule has 0 spiro atoms. The minimum atomic E-state index is -4.63. The Kier molecular flexibility index (Phi) is 4.76. The summed E-state index contributed by atoms with van der Waals surface area (Å²) in [4.78, 5) is 11.1. The molecule has 0 bridgehead atoms. The first kappa shape index (κ1) is 18.4. The average molecular weight is 385 g/mol. The Bertz CT molecular complexity index is 978. The van der Waals surface area contributed by atoms with Gasteiger partial charge < -0.3 is 4.74 Å². The third-order valence-corrected chi connectivity index (χ3v) is 6.14. The molecule has 26 heavy (non-hydrogen) atoms. The number of sulfonamides is 1. The molecule has 2 aromatic carbocycles. The number of carbonyl (C=O) groups is 1. The molecule has 0 aliphatic carbocycles. The van der Waals surface area contributed by atoms with Gasteiger partial charge in [0.25, 0.3) is 0 Å². The van der Waals surface area contributed by atoms with Crippen LogP contribution < -0.4 is 0 Å². The highest BCUT2D eigenvalue weighted by atomic mass is 32.2. The molecule has 1 aliphatic heterocycles. The summed E-state index contributed by atoms with van der Waals surface area (Å²) in [6.07, 6.45) is 0.0212. The summed E-state index contributed by atoms with van der Waals surface area (Å²) >= 11 is 0. The first-order chi connectivity index (χ1) is 12.3. The Balaban J connectivity index is 2.13. The predicted octanol–water partition coefficient (Wildman–Crippen LogP) is 2.39. The van der Waals surface area contributed by atoms with Gasteiger partial charge in [-0.2, -0.15) is 4.31 Å². The van der Waals surface area contributed by atoms with E-state index in [0.29, 0.717) is 17.7 Å². The van der Waals surface area contributed by atoms with Gasteiger partial charge in [-0.05, 0) is 23.3 Å². The molecular formula is C17H14F3NO4S. The number of halogens is 3. The number of hydrogen-bond acceptors (Lipinski definition) is 4. The number of nitrogens with zero attached hydrogens (tertiary/aromatic N) is 1. The third-order valence-electron chi connectivity index (χ3n) is 4.27. The zero-order valence-electron chi connectivity index (χ0n) is 13.6. The maximum absolute atomic E-state index is 14.1. The second-order valence-corrected chi connectivity index (χ2v) is 7.59. The van der Waals surface area contributed by atoms with E-state index in [1.165, 1.54) is 0 Å². The summed E-state index contributed by atoms with van der Waals surface area (Å²) in [5, 5.41) is 0. The van der Waals surface area contributed by atoms with Gasteiger partial charge in [0, 0.05) is 13.0 Å². The van der Waals surface area contributed by atoms with Crippen molar-refractivity contribution >= 4 is 16.0 Å². The molecule has 1 aliphatic rings. The molecule has 9 heteroatoms. The van der Waals surface area contributed by atoms with Crippen molar-refractivity contribution in [2.45, 2.75) is 23.9 Å². The van der Waals surface area contributed by atoms with Crippen molar-refractivity contribution in [3.8, 4) is 0 Å². The van der Waals surface area contributed by atoms with Crippen LogP contribution in [0.15, 0.2) is 41.3 Å². The standard InChI is InChI=1S/C17H14F3NO4S/c1-25-17(22)13-8-10-4-2-3-5-11(10)9-21(13)26(23,24)14-7-6-12(18)15(19)16(14)20/h2-7,13H,8-9H2,1H3/t13-/m1/s1. The van der Waals surface area contributed by atoms with E-state index < -0.39 is 44.4 Å². The third kappa shape index (κ3) is 2.97. The van der Waals surface area contributed by atoms with Crippen molar-refractivity contribution in [3.63, 3.8) is 0 Å². The van der Waals surface area contributed by atoms with Crippen molar-refractivity contribution in [2.24, 2.45) is 0 Å². The Morgan fingerprint density at radius 1 is 1.08 bits per heavy atom. The molecule has 0 radical (unpaired) electrons. The molecule has 2 aromatic rings. The molecule has 3 rings (SSSR count). The minimum Gasteiger partial charge on any atom is -0.468 e. The summed E-state index contributed by atoms with van der Waals surface area (Å²) in [5.74, 6) is -6.05. The van der Waals surface area contributed by atoms with Crippen LogP contribution in [0.1, 0.15) is 11.1 Å². The molecule has 0 saturated heterocycles. The Labute approximate surface area is 148 Å². The van der Waals surface area contributed by atoms with Gasteiger partial charge in [-0.1, -0.05) is 24.3 Å². The summed E-state index contributed by atoms with van der Waals surface area (Å²) in [6.45, 7) is -0.225. The zero-order valence-corrected chi connectivity index (χ0v) is 14.4. The van der Waals surface area contributed by atoms with Crippen LogP contribution in [-0.2, 0) is 32.5 Å². The lowest BCUT2D eigenvalue weighted by Gasteiger charge is -2.34. The van der Waals surface area contributed by atoms with E-state index in [1.807, 2.05) is 0 Å². The number of methoxy groups -OCH3 is 1.